The van der Waals surface area contributed by atoms with E-state index in [1.54, 1.807) is 0 Å². The van der Waals surface area contributed by atoms with Gasteiger partial charge >= 0.3 is 0 Å². The fourth-order valence-electron chi connectivity index (χ4n) is 9.58. The number of para-hydroxylation sites is 2. The van der Waals surface area contributed by atoms with Gasteiger partial charge in [0.15, 0.2) is 0 Å². The first-order valence-electron chi connectivity index (χ1n) is 21.3. The number of fused-ring (bicyclic) bond motifs is 7. The zero-order valence-corrected chi connectivity index (χ0v) is 33.9. The molecule has 0 fully saturated rings. The molecule has 1 heterocycles. The predicted molar refractivity (Wildman–Crippen MR) is 263 cm³/mol. The van der Waals surface area contributed by atoms with E-state index in [0.29, 0.717) is 0 Å². The van der Waals surface area contributed by atoms with Gasteiger partial charge in [0.05, 0.1) is 16.8 Å². The van der Waals surface area contributed by atoms with Crippen LogP contribution >= 0.6 is 0 Å². The Kier molecular flexibility index (Phi) is 8.53. The molecular weight excluding hydrogens is 751 g/mol. The minimum atomic E-state index is 0.858. The minimum absolute atomic E-state index is 0.858. The summed E-state index contributed by atoms with van der Waals surface area (Å²) in [6.07, 6.45) is 0. The molecule has 0 aliphatic rings. The standard InChI is InChI=1S/C60H39NO/c1-2-18-41(19-3-1)47-24-8-9-25-48(47)43-22-16-23-46(38-43)61(56-31-14-12-29-53(56)55-39-44-21-6-7-26-49(44)51-27-10-11-28-52(51)55)57-36-35-50(45-34-33-40-17-4-5-20-42(40)37-45)60-59(57)54-30-13-15-32-58(54)62-60/h1-39H. The van der Waals surface area contributed by atoms with Crippen molar-refractivity contribution in [2.24, 2.45) is 0 Å². The second kappa shape index (κ2) is 14.8. The molecule has 0 spiro atoms. The second-order valence-electron chi connectivity index (χ2n) is 16.0. The summed E-state index contributed by atoms with van der Waals surface area (Å²) in [5.74, 6) is 0. The summed E-state index contributed by atoms with van der Waals surface area (Å²) in [6.45, 7) is 0. The molecule has 0 saturated heterocycles. The van der Waals surface area contributed by atoms with Crippen molar-refractivity contribution in [1.29, 1.82) is 0 Å². The molecule has 12 rings (SSSR count). The zero-order valence-electron chi connectivity index (χ0n) is 33.9. The number of hydrogen-bond donors (Lipinski definition) is 0. The molecule has 0 N–H and O–H groups in total. The van der Waals surface area contributed by atoms with Gasteiger partial charge in [0, 0.05) is 22.2 Å². The van der Waals surface area contributed by atoms with E-state index in [4.69, 9.17) is 4.42 Å². The van der Waals surface area contributed by atoms with Crippen molar-refractivity contribution in [3.05, 3.63) is 237 Å². The Morgan fingerprint density at radius 1 is 0.290 bits per heavy atom. The molecule has 2 nitrogen and oxygen atoms in total. The highest BCUT2D eigenvalue weighted by molar-refractivity contribution is 6.19. The average Bonchev–Trinajstić information content (AvgIpc) is 3.74. The van der Waals surface area contributed by atoms with Crippen LogP contribution in [0.5, 0.6) is 0 Å². The van der Waals surface area contributed by atoms with Gasteiger partial charge in [-0.15, -0.1) is 0 Å². The average molecular weight is 790 g/mol. The van der Waals surface area contributed by atoms with E-state index >= 15 is 0 Å². The van der Waals surface area contributed by atoms with E-state index in [-0.39, 0.29) is 0 Å². The molecule has 62 heavy (non-hydrogen) atoms. The summed E-state index contributed by atoms with van der Waals surface area (Å²) in [5, 5.41) is 9.48. The Morgan fingerprint density at radius 2 is 0.903 bits per heavy atom. The lowest BCUT2D eigenvalue weighted by Crippen LogP contribution is -2.12. The van der Waals surface area contributed by atoms with Gasteiger partial charge in [-0.1, -0.05) is 188 Å². The van der Waals surface area contributed by atoms with Crippen LogP contribution in [0, 0.1) is 0 Å². The van der Waals surface area contributed by atoms with Crippen LogP contribution in [-0.4, -0.2) is 0 Å². The number of hydrogen-bond acceptors (Lipinski definition) is 2. The van der Waals surface area contributed by atoms with Crippen LogP contribution < -0.4 is 4.90 Å². The summed E-state index contributed by atoms with van der Waals surface area (Å²) in [6, 6.07) is 85.5. The van der Waals surface area contributed by atoms with Gasteiger partial charge in [0.25, 0.3) is 0 Å². The molecule has 1 aromatic heterocycles. The third-order valence-corrected chi connectivity index (χ3v) is 12.4. The lowest BCUT2D eigenvalue weighted by atomic mass is 9.91. The zero-order chi connectivity index (χ0) is 41.0. The predicted octanol–water partition coefficient (Wildman–Crippen LogP) is 17.2. The number of benzene rings is 11. The third kappa shape index (κ3) is 5.96. The van der Waals surface area contributed by atoms with Gasteiger partial charge in [-0.3, -0.25) is 0 Å². The van der Waals surface area contributed by atoms with Gasteiger partial charge in [0.2, 0.25) is 0 Å². The molecule has 12 aromatic rings. The molecule has 11 aromatic carbocycles. The van der Waals surface area contributed by atoms with Crippen LogP contribution in [0.2, 0.25) is 0 Å². The van der Waals surface area contributed by atoms with Crippen molar-refractivity contribution < 1.29 is 4.42 Å². The van der Waals surface area contributed by atoms with Crippen molar-refractivity contribution in [3.8, 4) is 44.5 Å². The maximum Gasteiger partial charge on any atom is 0.145 e. The van der Waals surface area contributed by atoms with Crippen molar-refractivity contribution >= 4 is 71.3 Å². The Labute approximate surface area is 360 Å². The summed E-state index contributed by atoms with van der Waals surface area (Å²) in [7, 11) is 0. The van der Waals surface area contributed by atoms with Crippen LogP contribution in [-0.2, 0) is 0 Å². The number of furan rings is 1. The molecule has 2 heteroatoms. The molecule has 290 valence electrons. The first-order chi connectivity index (χ1) is 30.8. The molecule has 0 bridgehead atoms. The number of nitrogens with zero attached hydrogens (tertiary/aromatic N) is 1. The Bertz CT molecular complexity index is 3650. The number of rotatable bonds is 7. The van der Waals surface area contributed by atoms with Crippen LogP contribution in [0.15, 0.2) is 241 Å². The summed E-state index contributed by atoms with van der Waals surface area (Å²) in [5.41, 5.74) is 14.1. The monoisotopic (exact) mass is 789 g/mol. The van der Waals surface area contributed by atoms with E-state index in [1.165, 1.54) is 54.6 Å². The Hall–Kier alpha value is -8.20. The van der Waals surface area contributed by atoms with Gasteiger partial charge in [-0.25, -0.2) is 0 Å². The topological polar surface area (TPSA) is 16.4 Å². The quantitative estimate of drug-likeness (QED) is 0.150. The second-order valence-corrected chi connectivity index (χ2v) is 16.0. The highest BCUT2D eigenvalue weighted by Crippen LogP contribution is 2.50. The van der Waals surface area contributed by atoms with Crippen molar-refractivity contribution in [3.63, 3.8) is 0 Å². The largest absolute Gasteiger partial charge is 0.455 e. The molecule has 0 aliphatic heterocycles. The minimum Gasteiger partial charge on any atom is -0.455 e. The summed E-state index contributed by atoms with van der Waals surface area (Å²) in [4.78, 5) is 2.46. The van der Waals surface area contributed by atoms with Crippen LogP contribution in [0.3, 0.4) is 0 Å². The van der Waals surface area contributed by atoms with Gasteiger partial charge in [-0.2, -0.15) is 0 Å². The molecule has 0 unspecified atom stereocenters. The smallest absolute Gasteiger partial charge is 0.145 e. The number of anilines is 3. The van der Waals surface area contributed by atoms with Crippen molar-refractivity contribution in [2.75, 3.05) is 4.90 Å². The Balaban J connectivity index is 1.15. The highest BCUT2D eigenvalue weighted by Gasteiger charge is 2.25. The van der Waals surface area contributed by atoms with E-state index < -0.39 is 0 Å². The first-order valence-corrected chi connectivity index (χ1v) is 21.3. The molecule has 0 aliphatic carbocycles. The first kappa shape index (κ1) is 35.7. The van der Waals surface area contributed by atoms with Crippen LogP contribution in [0.25, 0.3) is 98.8 Å². The van der Waals surface area contributed by atoms with Crippen LogP contribution in [0.4, 0.5) is 17.1 Å². The van der Waals surface area contributed by atoms with E-state index in [9.17, 15) is 0 Å². The SMILES string of the molecule is c1ccc(-c2ccccc2-c2cccc(N(c3ccccc3-c3cc4ccccc4c4ccccc34)c3ccc(-c4ccc5ccccc5c4)c4oc5ccccc5c34)c2)cc1. The molecule has 0 amide bonds. The fraction of sp³-hybridized carbons (Fsp3) is 0. The molecule has 0 saturated carbocycles. The van der Waals surface area contributed by atoms with Crippen molar-refractivity contribution in [2.45, 2.75) is 0 Å². The van der Waals surface area contributed by atoms with E-state index in [0.717, 1.165) is 61.3 Å². The molecule has 0 atom stereocenters. The normalized spacial score (nSPS) is 11.5. The lowest BCUT2D eigenvalue weighted by molar-refractivity contribution is 0.670. The molecule has 0 radical (unpaired) electrons. The fourth-order valence-corrected chi connectivity index (χ4v) is 9.58. The molecular formula is C60H39NO. The van der Waals surface area contributed by atoms with Gasteiger partial charge in [-0.05, 0) is 114 Å². The van der Waals surface area contributed by atoms with E-state index in [1.807, 2.05) is 0 Å². The van der Waals surface area contributed by atoms with Gasteiger partial charge in [0.1, 0.15) is 11.2 Å². The van der Waals surface area contributed by atoms with E-state index in [2.05, 4.69) is 241 Å². The van der Waals surface area contributed by atoms with Crippen LogP contribution in [0.1, 0.15) is 0 Å². The van der Waals surface area contributed by atoms with Gasteiger partial charge < -0.3 is 9.32 Å². The summed E-state index contributed by atoms with van der Waals surface area (Å²) >= 11 is 0. The Morgan fingerprint density at radius 3 is 1.74 bits per heavy atom. The third-order valence-electron chi connectivity index (χ3n) is 12.4. The van der Waals surface area contributed by atoms with Crippen molar-refractivity contribution in [1.82, 2.24) is 0 Å². The highest BCUT2D eigenvalue weighted by atomic mass is 16.3. The summed E-state index contributed by atoms with van der Waals surface area (Å²) < 4.78 is 6.96. The maximum absolute atomic E-state index is 6.96. The lowest BCUT2D eigenvalue weighted by Gasteiger charge is -2.29. The maximum atomic E-state index is 6.96.